The van der Waals surface area contributed by atoms with Gasteiger partial charge in [0.2, 0.25) is 0 Å². The lowest BCUT2D eigenvalue weighted by molar-refractivity contribution is -0.0790. The van der Waals surface area contributed by atoms with Gasteiger partial charge in [0.15, 0.2) is 0 Å². The number of halogens is 8. The zero-order valence-corrected chi connectivity index (χ0v) is 20.9. The van der Waals surface area contributed by atoms with Crippen LogP contribution < -0.4 is 0 Å². The van der Waals surface area contributed by atoms with Crippen molar-refractivity contribution in [1.29, 1.82) is 0 Å². The van der Waals surface area contributed by atoms with E-state index in [4.69, 9.17) is 0 Å². The minimum Gasteiger partial charge on any atom is -0.206 e. The molecule has 0 saturated heterocycles. The summed E-state index contributed by atoms with van der Waals surface area (Å²) in [5, 5.41) is 0. The molecule has 0 unspecified atom stereocenters. The molecule has 0 N–H and O–H groups in total. The summed E-state index contributed by atoms with van der Waals surface area (Å²) in [5.74, 6) is -4.81. The van der Waals surface area contributed by atoms with Gasteiger partial charge in [-0.15, -0.1) is 6.58 Å². The zero-order valence-electron chi connectivity index (χ0n) is 20.9. The number of allylic oxidation sites excluding steroid dienone is 2. The van der Waals surface area contributed by atoms with Crippen LogP contribution in [-0.2, 0) is 6.42 Å². The van der Waals surface area contributed by atoms with Gasteiger partial charge in [-0.1, -0.05) is 18.2 Å². The molecule has 8 heteroatoms. The summed E-state index contributed by atoms with van der Waals surface area (Å²) in [6, 6.07) is 7.26. The summed E-state index contributed by atoms with van der Waals surface area (Å²) in [5.41, 5.74) is -1.71. The predicted molar refractivity (Wildman–Crippen MR) is 136 cm³/mol. The Labute approximate surface area is 221 Å². The topological polar surface area (TPSA) is 0 Å². The first kappa shape index (κ1) is 28.6. The Morgan fingerprint density at radius 2 is 1.33 bits per heavy atom. The highest BCUT2D eigenvalue weighted by Crippen LogP contribution is 2.35. The smallest absolute Gasteiger partial charge is 0.206 e. The molecule has 0 nitrogen and oxygen atoms in total. The van der Waals surface area contributed by atoms with Crippen LogP contribution in [0.5, 0.6) is 0 Å². The van der Waals surface area contributed by atoms with E-state index in [1.165, 1.54) is 12.1 Å². The quantitative estimate of drug-likeness (QED) is 0.203. The highest BCUT2D eigenvalue weighted by atomic mass is 19.4. The molecule has 0 amide bonds. The molecule has 1 aliphatic carbocycles. The molecule has 3 aromatic rings. The standard InChI is InChI=1S/C31H26F8/c1-2-18-3-5-19(6-4-18)7-8-20-9-10-23(25(32)13-20)21-14-28(35)30(29(36)15-21)22-16-26(33)24(27(34)17-22)11-12-31(37,38)39/h2,9-19H,1,3-8H2/b12-11+. The van der Waals surface area contributed by atoms with Crippen molar-refractivity contribution >= 4 is 6.08 Å². The molecule has 1 fully saturated rings. The van der Waals surface area contributed by atoms with Crippen LogP contribution >= 0.6 is 0 Å². The maximum Gasteiger partial charge on any atom is 0.409 e. The molecule has 0 aliphatic heterocycles. The van der Waals surface area contributed by atoms with E-state index in [-0.39, 0.29) is 23.3 Å². The van der Waals surface area contributed by atoms with E-state index in [9.17, 15) is 35.1 Å². The number of hydrogen-bond acceptors (Lipinski definition) is 0. The van der Waals surface area contributed by atoms with Crippen LogP contribution in [0.3, 0.4) is 0 Å². The van der Waals surface area contributed by atoms with Crippen molar-refractivity contribution < 1.29 is 35.1 Å². The summed E-state index contributed by atoms with van der Waals surface area (Å²) in [6.07, 6.45) is 3.04. The van der Waals surface area contributed by atoms with Crippen LogP contribution in [0.15, 0.2) is 61.2 Å². The number of benzene rings is 3. The minimum atomic E-state index is -4.80. The number of aryl methyl sites for hydroxylation is 1. The summed E-state index contributed by atoms with van der Waals surface area (Å²) in [4.78, 5) is 0. The van der Waals surface area contributed by atoms with Crippen molar-refractivity contribution in [2.24, 2.45) is 11.8 Å². The van der Waals surface area contributed by atoms with Crippen LogP contribution in [0.2, 0.25) is 0 Å². The van der Waals surface area contributed by atoms with Crippen LogP contribution in [0.25, 0.3) is 28.3 Å². The van der Waals surface area contributed by atoms with Crippen molar-refractivity contribution in [3.63, 3.8) is 0 Å². The van der Waals surface area contributed by atoms with E-state index in [2.05, 4.69) is 6.58 Å². The van der Waals surface area contributed by atoms with E-state index in [0.717, 1.165) is 49.8 Å². The third-order valence-corrected chi connectivity index (χ3v) is 7.26. The van der Waals surface area contributed by atoms with Gasteiger partial charge in [-0.2, -0.15) is 13.2 Å². The molecule has 0 heterocycles. The molecule has 39 heavy (non-hydrogen) atoms. The largest absolute Gasteiger partial charge is 0.409 e. The second-order valence-corrected chi connectivity index (χ2v) is 9.91. The van der Waals surface area contributed by atoms with Crippen LogP contribution in [-0.4, -0.2) is 6.18 Å². The van der Waals surface area contributed by atoms with Gasteiger partial charge in [-0.3, -0.25) is 0 Å². The van der Waals surface area contributed by atoms with Gasteiger partial charge in [-0.25, -0.2) is 22.0 Å². The second kappa shape index (κ2) is 11.8. The highest BCUT2D eigenvalue weighted by Gasteiger charge is 2.24. The van der Waals surface area contributed by atoms with Crippen LogP contribution in [0.4, 0.5) is 35.1 Å². The van der Waals surface area contributed by atoms with Gasteiger partial charge in [0.1, 0.15) is 29.1 Å². The second-order valence-electron chi connectivity index (χ2n) is 9.91. The Bertz CT molecular complexity index is 1330. The van der Waals surface area contributed by atoms with Crippen molar-refractivity contribution in [2.75, 3.05) is 0 Å². The summed E-state index contributed by atoms with van der Waals surface area (Å²) >= 11 is 0. The first-order chi connectivity index (χ1) is 18.4. The van der Waals surface area contributed by atoms with Crippen molar-refractivity contribution in [3.8, 4) is 22.3 Å². The number of hydrogen-bond donors (Lipinski definition) is 0. The third-order valence-electron chi connectivity index (χ3n) is 7.26. The fourth-order valence-electron chi connectivity index (χ4n) is 5.10. The number of rotatable bonds is 7. The summed E-state index contributed by atoms with van der Waals surface area (Å²) in [6.45, 7) is 3.85. The van der Waals surface area contributed by atoms with Crippen molar-refractivity contribution in [2.45, 2.75) is 44.7 Å². The normalized spacial score (nSPS) is 18.1. The van der Waals surface area contributed by atoms with Gasteiger partial charge in [0.05, 0.1) is 5.56 Å². The minimum absolute atomic E-state index is 0.0420. The fraction of sp³-hybridized carbons (Fsp3) is 0.290. The predicted octanol–water partition coefficient (Wildman–Crippen LogP) is 10.2. The molecule has 3 aromatic carbocycles. The van der Waals surface area contributed by atoms with Gasteiger partial charge >= 0.3 is 6.18 Å². The maximum absolute atomic E-state index is 15.0. The van der Waals surface area contributed by atoms with Gasteiger partial charge in [0.25, 0.3) is 0 Å². The van der Waals surface area contributed by atoms with E-state index < -0.39 is 52.0 Å². The molecule has 0 bridgehead atoms. The van der Waals surface area contributed by atoms with E-state index in [1.54, 1.807) is 6.07 Å². The van der Waals surface area contributed by atoms with Gasteiger partial charge in [-0.05, 0) is 103 Å². The van der Waals surface area contributed by atoms with Gasteiger partial charge < -0.3 is 0 Å². The van der Waals surface area contributed by atoms with E-state index in [0.29, 0.717) is 30.4 Å². The Morgan fingerprint density at radius 3 is 1.87 bits per heavy atom. The van der Waals surface area contributed by atoms with Crippen molar-refractivity contribution in [3.05, 3.63) is 101 Å². The van der Waals surface area contributed by atoms with E-state index >= 15 is 0 Å². The summed E-state index contributed by atoms with van der Waals surface area (Å²) in [7, 11) is 0. The highest BCUT2D eigenvalue weighted by molar-refractivity contribution is 5.73. The number of alkyl halides is 3. The zero-order chi connectivity index (χ0) is 28.3. The molecule has 0 aromatic heterocycles. The molecular formula is C31H26F8. The Balaban J connectivity index is 1.54. The molecule has 1 aliphatic rings. The van der Waals surface area contributed by atoms with Crippen molar-refractivity contribution in [1.82, 2.24) is 0 Å². The maximum atomic E-state index is 15.0. The lowest BCUT2D eigenvalue weighted by Crippen LogP contribution is -2.13. The first-order valence-electron chi connectivity index (χ1n) is 12.6. The Kier molecular flexibility index (Phi) is 8.62. The van der Waals surface area contributed by atoms with Gasteiger partial charge in [0, 0.05) is 17.2 Å². The Morgan fingerprint density at radius 1 is 0.744 bits per heavy atom. The molecule has 1 saturated carbocycles. The van der Waals surface area contributed by atoms with Crippen LogP contribution in [0.1, 0.15) is 43.2 Å². The SMILES string of the molecule is C=CC1CCC(CCc2ccc(-c3cc(F)c(-c4cc(F)c(/C=C/C(F)(F)F)c(F)c4)c(F)c3)c(F)c2)CC1. The Hall–Kier alpha value is -3.42. The average molecular weight is 551 g/mol. The van der Waals surface area contributed by atoms with Crippen LogP contribution in [0, 0.1) is 40.9 Å². The summed E-state index contributed by atoms with van der Waals surface area (Å²) < 4.78 is 111. The molecule has 206 valence electrons. The van der Waals surface area contributed by atoms with E-state index in [1.807, 2.05) is 6.08 Å². The third kappa shape index (κ3) is 6.97. The lowest BCUT2D eigenvalue weighted by Gasteiger charge is -2.26. The molecule has 0 radical (unpaired) electrons. The average Bonchev–Trinajstić information content (AvgIpc) is 2.86. The lowest BCUT2D eigenvalue weighted by atomic mass is 9.79. The molecule has 0 spiro atoms. The first-order valence-corrected chi connectivity index (χ1v) is 12.6. The monoisotopic (exact) mass is 550 g/mol. The molecular weight excluding hydrogens is 524 g/mol. The fourth-order valence-corrected chi connectivity index (χ4v) is 5.10. The molecule has 0 atom stereocenters. The molecule has 4 rings (SSSR count).